The molecule has 5 nitrogen and oxygen atoms in total. The molecule has 1 atom stereocenters. The van der Waals surface area contributed by atoms with Gasteiger partial charge in [-0.05, 0) is 51.3 Å². The average molecular weight is 293 g/mol. The fourth-order valence-electron chi connectivity index (χ4n) is 3.05. The molecule has 118 valence electrons. The third-order valence-electron chi connectivity index (χ3n) is 4.36. The van der Waals surface area contributed by atoms with Crippen LogP contribution in [0, 0.1) is 0 Å². The quantitative estimate of drug-likeness (QED) is 0.842. The highest BCUT2D eigenvalue weighted by Crippen LogP contribution is 2.22. The smallest absolute Gasteiger partial charge is 0.234 e. The van der Waals surface area contributed by atoms with Crippen LogP contribution in [0.25, 0.3) is 0 Å². The van der Waals surface area contributed by atoms with E-state index < -0.39 is 0 Å². The zero-order chi connectivity index (χ0) is 15.2. The third kappa shape index (κ3) is 4.58. The molecule has 1 amide bonds. The van der Waals surface area contributed by atoms with Gasteiger partial charge in [-0.25, -0.2) is 0 Å². The number of likely N-dealkylation sites (N-methyl/N-ethyl adjacent to an activating group) is 1. The van der Waals surface area contributed by atoms with Gasteiger partial charge in [0.2, 0.25) is 5.91 Å². The van der Waals surface area contributed by atoms with E-state index in [1.54, 1.807) is 6.26 Å². The lowest BCUT2D eigenvalue weighted by Crippen LogP contribution is -2.46. The number of nitrogens with two attached hydrogens (primary N) is 1. The van der Waals surface area contributed by atoms with Gasteiger partial charge < -0.3 is 15.5 Å². The highest BCUT2D eigenvalue weighted by molar-refractivity contribution is 5.78. The van der Waals surface area contributed by atoms with Crippen LogP contribution in [0.1, 0.15) is 51.3 Å². The monoisotopic (exact) mass is 293 g/mol. The molecule has 1 fully saturated rings. The predicted octanol–water partition coefficient (Wildman–Crippen LogP) is 2.05. The van der Waals surface area contributed by atoms with Crippen molar-refractivity contribution in [2.24, 2.45) is 5.73 Å². The van der Waals surface area contributed by atoms with Crippen molar-refractivity contribution >= 4 is 5.91 Å². The minimum atomic E-state index is -0.0917. The summed E-state index contributed by atoms with van der Waals surface area (Å²) in [5.41, 5.74) is 5.95. The fourth-order valence-corrected chi connectivity index (χ4v) is 3.05. The van der Waals surface area contributed by atoms with E-state index in [0.29, 0.717) is 18.6 Å². The third-order valence-corrected chi connectivity index (χ3v) is 4.36. The molecule has 0 bridgehead atoms. The molecule has 0 aliphatic heterocycles. The summed E-state index contributed by atoms with van der Waals surface area (Å²) in [6.07, 6.45) is 5.94. The second-order valence-corrected chi connectivity index (χ2v) is 5.94. The molecule has 0 spiro atoms. The van der Waals surface area contributed by atoms with Gasteiger partial charge in [-0.3, -0.25) is 9.69 Å². The molecule has 1 aliphatic carbocycles. The molecule has 3 N–H and O–H groups in total. The van der Waals surface area contributed by atoms with Crippen LogP contribution in [-0.4, -0.2) is 36.0 Å². The maximum absolute atomic E-state index is 12.2. The van der Waals surface area contributed by atoms with Crippen LogP contribution < -0.4 is 11.1 Å². The van der Waals surface area contributed by atoms with Gasteiger partial charge in [-0.15, -0.1) is 0 Å². The molecule has 2 rings (SSSR count). The summed E-state index contributed by atoms with van der Waals surface area (Å²) in [6, 6.07) is 4.45. The van der Waals surface area contributed by atoms with Crippen molar-refractivity contribution in [3.05, 3.63) is 24.2 Å². The largest absolute Gasteiger partial charge is 0.467 e. The average Bonchev–Trinajstić information content (AvgIpc) is 3.00. The van der Waals surface area contributed by atoms with Crippen LogP contribution in [0.5, 0.6) is 0 Å². The molecule has 0 aromatic carbocycles. The van der Waals surface area contributed by atoms with E-state index in [4.69, 9.17) is 10.2 Å². The topological polar surface area (TPSA) is 71.5 Å². The van der Waals surface area contributed by atoms with Gasteiger partial charge in [0.15, 0.2) is 0 Å². The van der Waals surface area contributed by atoms with Crippen molar-refractivity contribution in [1.29, 1.82) is 0 Å². The van der Waals surface area contributed by atoms with Crippen LogP contribution in [-0.2, 0) is 4.79 Å². The lowest BCUT2D eigenvalue weighted by Gasteiger charge is -2.35. The molecular formula is C16H27N3O2. The first-order valence-corrected chi connectivity index (χ1v) is 7.92. The molecule has 0 radical (unpaired) electrons. The first kappa shape index (κ1) is 16.0. The van der Waals surface area contributed by atoms with Crippen molar-refractivity contribution in [2.75, 3.05) is 13.1 Å². The van der Waals surface area contributed by atoms with Crippen molar-refractivity contribution < 1.29 is 9.21 Å². The van der Waals surface area contributed by atoms with Gasteiger partial charge in [0, 0.05) is 12.1 Å². The van der Waals surface area contributed by atoms with Crippen molar-refractivity contribution in [3.63, 3.8) is 0 Å². The van der Waals surface area contributed by atoms with Gasteiger partial charge in [0.05, 0.1) is 18.8 Å². The minimum Gasteiger partial charge on any atom is -0.467 e. The number of furan rings is 1. The van der Waals surface area contributed by atoms with Crippen LogP contribution >= 0.6 is 0 Å². The Morgan fingerprint density at radius 3 is 2.76 bits per heavy atom. The summed E-state index contributed by atoms with van der Waals surface area (Å²) in [5.74, 6) is 0.839. The van der Waals surface area contributed by atoms with E-state index in [-0.39, 0.29) is 11.9 Å². The fraction of sp³-hybridized carbons (Fsp3) is 0.688. The Labute approximate surface area is 126 Å². The zero-order valence-corrected chi connectivity index (χ0v) is 13.0. The maximum Gasteiger partial charge on any atom is 0.234 e. The summed E-state index contributed by atoms with van der Waals surface area (Å²) in [6.45, 7) is 5.38. The summed E-state index contributed by atoms with van der Waals surface area (Å²) < 4.78 is 5.31. The number of carbonyl (C=O) groups excluding carboxylic acids is 1. The lowest BCUT2D eigenvalue weighted by atomic mass is 9.90. The number of nitrogens with one attached hydrogen (secondary N) is 1. The Morgan fingerprint density at radius 2 is 2.19 bits per heavy atom. The van der Waals surface area contributed by atoms with E-state index in [9.17, 15) is 4.79 Å². The van der Waals surface area contributed by atoms with E-state index >= 15 is 0 Å². The molecule has 1 aromatic rings. The summed E-state index contributed by atoms with van der Waals surface area (Å²) >= 11 is 0. The SMILES string of the molecule is CCN(CC(=O)NC(C)c1ccco1)C1CCC(N)CC1. The molecule has 0 saturated heterocycles. The lowest BCUT2D eigenvalue weighted by molar-refractivity contribution is -0.123. The predicted molar refractivity (Wildman–Crippen MR) is 82.7 cm³/mol. The van der Waals surface area contributed by atoms with Gasteiger partial charge in [0.1, 0.15) is 5.76 Å². The van der Waals surface area contributed by atoms with Crippen molar-refractivity contribution in [3.8, 4) is 0 Å². The van der Waals surface area contributed by atoms with E-state index in [1.807, 2.05) is 19.1 Å². The normalized spacial score (nSPS) is 24.0. The number of rotatable bonds is 6. The number of nitrogens with zero attached hydrogens (tertiary/aromatic N) is 1. The van der Waals surface area contributed by atoms with E-state index in [0.717, 1.165) is 38.0 Å². The van der Waals surface area contributed by atoms with Crippen molar-refractivity contribution in [1.82, 2.24) is 10.2 Å². The molecule has 1 heterocycles. The molecule has 1 saturated carbocycles. The summed E-state index contributed by atoms with van der Waals surface area (Å²) in [5, 5.41) is 3.00. The molecule has 1 aromatic heterocycles. The first-order valence-electron chi connectivity index (χ1n) is 7.92. The minimum absolute atomic E-state index is 0.0515. The highest BCUT2D eigenvalue weighted by Gasteiger charge is 2.25. The van der Waals surface area contributed by atoms with Gasteiger partial charge >= 0.3 is 0 Å². The number of carbonyl (C=O) groups is 1. The number of amides is 1. The number of hydrogen-bond acceptors (Lipinski definition) is 4. The molecule has 1 aliphatic rings. The molecular weight excluding hydrogens is 266 g/mol. The Bertz CT molecular complexity index is 425. The van der Waals surface area contributed by atoms with Crippen LogP contribution in [0.3, 0.4) is 0 Å². The summed E-state index contributed by atoms with van der Waals surface area (Å²) in [7, 11) is 0. The Morgan fingerprint density at radius 1 is 1.48 bits per heavy atom. The maximum atomic E-state index is 12.2. The number of hydrogen-bond donors (Lipinski definition) is 2. The standard InChI is InChI=1S/C16H27N3O2/c1-3-19(14-8-6-13(17)7-9-14)11-16(20)18-12(2)15-5-4-10-21-15/h4-5,10,12-14H,3,6-9,11,17H2,1-2H3,(H,18,20). The Kier molecular flexibility index (Phi) is 5.82. The van der Waals surface area contributed by atoms with Crippen LogP contribution in [0.2, 0.25) is 0 Å². The van der Waals surface area contributed by atoms with Crippen LogP contribution in [0.15, 0.2) is 22.8 Å². The second-order valence-electron chi connectivity index (χ2n) is 5.94. The van der Waals surface area contributed by atoms with Gasteiger partial charge in [-0.1, -0.05) is 6.92 Å². The molecule has 1 unspecified atom stereocenters. The summed E-state index contributed by atoms with van der Waals surface area (Å²) in [4.78, 5) is 14.5. The zero-order valence-electron chi connectivity index (χ0n) is 13.0. The Balaban J connectivity index is 1.82. The second kappa shape index (κ2) is 7.61. The Hall–Kier alpha value is -1.33. The van der Waals surface area contributed by atoms with Crippen molar-refractivity contribution in [2.45, 2.75) is 57.7 Å². The van der Waals surface area contributed by atoms with Gasteiger partial charge in [-0.2, -0.15) is 0 Å². The molecule has 21 heavy (non-hydrogen) atoms. The first-order chi connectivity index (χ1) is 10.1. The van der Waals surface area contributed by atoms with Gasteiger partial charge in [0.25, 0.3) is 0 Å². The van der Waals surface area contributed by atoms with E-state index in [1.165, 1.54) is 0 Å². The van der Waals surface area contributed by atoms with Crippen LogP contribution in [0.4, 0.5) is 0 Å². The van der Waals surface area contributed by atoms with E-state index in [2.05, 4.69) is 17.1 Å². The highest BCUT2D eigenvalue weighted by atomic mass is 16.3. The molecule has 5 heteroatoms.